The number of rotatable bonds is 6. The van der Waals surface area contributed by atoms with E-state index in [2.05, 4.69) is 44.8 Å². The minimum Gasteiger partial charge on any atom is -0.389 e. The summed E-state index contributed by atoms with van der Waals surface area (Å²) in [5, 5.41) is 13.5. The summed E-state index contributed by atoms with van der Waals surface area (Å²) in [5.41, 5.74) is -0.995. The Balaban J connectivity index is 2.87. The van der Waals surface area contributed by atoms with Crippen LogP contribution in [0.5, 0.6) is 0 Å². The molecule has 0 aromatic carbocycles. The monoisotopic (exact) mass is 286 g/mol. The van der Waals surface area contributed by atoms with Gasteiger partial charge in [-0.15, -0.1) is 0 Å². The molecule has 0 aromatic heterocycles. The second-order valence-corrected chi connectivity index (χ2v) is 7.82. The topological polar surface area (TPSA) is 44.7 Å². The van der Waals surface area contributed by atoms with E-state index in [1.807, 2.05) is 20.9 Å². The van der Waals surface area contributed by atoms with E-state index in [9.17, 15) is 5.11 Å². The first-order valence-electron chi connectivity index (χ1n) is 7.75. The Hall–Kier alpha value is -0.160. The van der Waals surface area contributed by atoms with Crippen LogP contribution in [0.4, 0.5) is 0 Å². The highest BCUT2D eigenvalue weighted by Crippen LogP contribution is 2.42. The Morgan fingerprint density at radius 1 is 1.20 bits per heavy atom. The number of aliphatic hydroxyl groups is 1. The number of hydrogen-bond donors (Lipinski definition) is 2. The second kappa shape index (κ2) is 5.91. The predicted octanol–water partition coefficient (Wildman–Crippen LogP) is 1.87. The molecule has 0 saturated carbocycles. The molecule has 0 spiro atoms. The van der Waals surface area contributed by atoms with Crippen molar-refractivity contribution in [1.29, 1.82) is 0 Å². The number of likely N-dealkylation sites (N-methyl/N-ethyl adjacent to an activating group) is 2. The molecular weight excluding hydrogens is 252 g/mol. The van der Waals surface area contributed by atoms with E-state index < -0.39 is 5.60 Å². The summed E-state index contributed by atoms with van der Waals surface area (Å²) in [5.74, 6) is 0.393. The van der Waals surface area contributed by atoms with E-state index >= 15 is 0 Å². The zero-order chi connectivity index (χ0) is 15.8. The van der Waals surface area contributed by atoms with Crippen molar-refractivity contribution in [3.05, 3.63) is 0 Å². The fraction of sp³-hybridized carbons (Fsp3) is 1.00. The summed E-state index contributed by atoms with van der Waals surface area (Å²) >= 11 is 0. The van der Waals surface area contributed by atoms with Crippen LogP contribution in [0.2, 0.25) is 0 Å². The third-order valence-electron chi connectivity index (χ3n) is 4.39. The maximum atomic E-state index is 10.1. The van der Waals surface area contributed by atoms with Crippen LogP contribution in [-0.4, -0.2) is 59.5 Å². The molecule has 1 aliphatic rings. The molecule has 4 heteroatoms. The highest BCUT2D eigenvalue weighted by molar-refractivity contribution is 5.05. The van der Waals surface area contributed by atoms with E-state index in [0.29, 0.717) is 18.5 Å². The fourth-order valence-corrected chi connectivity index (χ4v) is 3.71. The van der Waals surface area contributed by atoms with Gasteiger partial charge in [0.15, 0.2) is 0 Å². The molecule has 2 N–H and O–H groups in total. The Kier molecular flexibility index (Phi) is 5.29. The third kappa shape index (κ3) is 4.17. The van der Waals surface area contributed by atoms with Crippen molar-refractivity contribution in [2.24, 2.45) is 5.92 Å². The number of nitrogens with one attached hydrogen (secondary N) is 1. The summed E-state index contributed by atoms with van der Waals surface area (Å²) in [6.07, 6.45) is 0. The first-order chi connectivity index (χ1) is 8.93. The molecule has 0 bridgehead atoms. The lowest BCUT2D eigenvalue weighted by Gasteiger charge is -2.36. The van der Waals surface area contributed by atoms with Gasteiger partial charge in [0.05, 0.1) is 16.8 Å². The zero-order valence-corrected chi connectivity index (χ0v) is 14.6. The quantitative estimate of drug-likeness (QED) is 0.782. The van der Waals surface area contributed by atoms with Crippen LogP contribution in [0.25, 0.3) is 0 Å². The zero-order valence-electron chi connectivity index (χ0n) is 14.6. The van der Waals surface area contributed by atoms with E-state index in [1.54, 1.807) is 0 Å². The summed E-state index contributed by atoms with van der Waals surface area (Å²) in [7, 11) is 2.01. The standard InChI is InChI=1S/C16H34N2O2/c1-9-18(11-14(2,3)19)10-12-13(17-8)16(6,7)20-15(12,4)5/h12-13,17,19H,9-11H2,1-8H3. The predicted molar refractivity (Wildman–Crippen MR) is 84.0 cm³/mol. The van der Waals surface area contributed by atoms with Crippen LogP contribution in [0.1, 0.15) is 48.5 Å². The number of ether oxygens (including phenoxy) is 1. The van der Waals surface area contributed by atoms with Crippen molar-refractivity contribution in [2.45, 2.75) is 71.3 Å². The van der Waals surface area contributed by atoms with E-state index in [0.717, 1.165) is 13.1 Å². The number of hydrogen-bond acceptors (Lipinski definition) is 4. The van der Waals surface area contributed by atoms with Crippen molar-refractivity contribution in [1.82, 2.24) is 10.2 Å². The molecule has 1 heterocycles. The molecule has 1 aliphatic heterocycles. The third-order valence-corrected chi connectivity index (χ3v) is 4.39. The highest BCUT2D eigenvalue weighted by Gasteiger charge is 2.53. The summed E-state index contributed by atoms with van der Waals surface area (Å²) < 4.78 is 6.28. The minimum absolute atomic E-state index is 0.163. The molecule has 0 aromatic rings. The summed E-state index contributed by atoms with van der Waals surface area (Å²) in [6.45, 7) is 17.1. The maximum Gasteiger partial charge on any atom is 0.0790 e. The first kappa shape index (κ1) is 17.9. The second-order valence-electron chi connectivity index (χ2n) is 7.82. The van der Waals surface area contributed by atoms with Gasteiger partial charge in [0.1, 0.15) is 0 Å². The van der Waals surface area contributed by atoms with Crippen LogP contribution in [0.3, 0.4) is 0 Å². The molecule has 120 valence electrons. The van der Waals surface area contributed by atoms with Crippen molar-refractivity contribution in [3.8, 4) is 0 Å². The SMILES string of the molecule is CCN(CC1C(NC)C(C)(C)OC1(C)C)CC(C)(C)O. The molecule has 2 atom stereocenters. The lowest BCUT2D eigenvalue weighted by Crippen LogP contribution is -2.51. The molecule has 20 heavy (non-hydrogen) atoms. The van der Waals surface area contributed by atoms with Crippen molar-refractivity contribution in [3.63, 3.8) is 0 Å². The van der Waals surface area contributed by atoms with Crippen molar-refractivity contribution >= 4 is 0 Å². The van der Waals surface area contributed by atoms with Gasteiger partial charge < -0.3 is 20.1 Å². The lowest BCUT2D eigenvalue weighted by atomic mass is 9.82. The molecule has 2 unspecified atom stereocenters. The summed E-state index contributed by atoms with van der Waals surface area (Å²) in [4.78, 5) is 2.32. The van der Waals surface area contributed by atoms with Gasteiger partial charge in [-0.05, 0) is 55.1 Å². The largest absolute Gasteiger partial charge is 0.389 e. The van der Waals surface area contributed by atoms with E-state index in [-0.39, 0.29) is 11.2 Å². The Morgan fingerprint density at radius 2 is 1.75 bits per heavy atom. The van der Waals surface area contributed by atoms with Crippen molar-refractivity contribution < 1.29 is 9.84 Å². The molecule has 1 fully saturated rings. The molecule has 0 aliphatic carbocycles. The Labute approximate surface area is 124 Å². The van der Waals surface area contributed by atoms with Gasteiger partial charge >= 0.3 is 0 Å². The van der Waals surface area contributed by atoms with Crippen LogP contribution in [0.15, 0.2) is 0 Å². The fourth-order valence-electron chi connectivity index (χ4n) is 3.71. The molecule has 1 rings (SSSR count). The highest BCUT2D eigenvalue weighted by atomic mass is 16.5. The van der Waals surface area contributed by atoms with Crippen LogP contribution >= 0.6 is 0 Å². The lowest BCUT2D eigenvalue weighted by molar-refractivity contribution is -0.0805. The number of nitrogens with zero attached hydrogens (tertiary/aromatic N) is 1. The van der Waals surface area contributed by atoms with E-state index in [4.69, 9.17) is 4.74 Å². The van der Waals surface area contributed by atoms with Gasteiger partial charge in [-0.2, -0.15) is 0 Å². The smallest absolute Gasteiger partial charge is 0.0790 e. The maximum absolute atomic E-state index is 10.1. The normalized spacial score (nSPS) is 29.1. The van der Waals surface area contributed by atoms with Crippen LogP contribution in [0, 0.1) is 5.92 Å². The van der Waals surface area contributed by atoms with Gasteiger partial charge in [-0.25, -0.2) is 0 Å². The summed E-state index contributed by atoms with van der Waals surface area (Å²) in [6, 6.07) is 0.313. The molecule has 1 saturated heterocycles. The molecular formula is C16H34N2O2. The average molecular weight is 286 g/mol. The van der Waals surface area contributed by atoms with Gasteiger partial charge in [-0.3, -0.25) is 0 Å². The van der Waals surface area contributed by atoms with Crippen LogP contribution in [-0.2, 0) is 4.74 Å². The molecule has 0 amide bonds. The Morgan fingerprint density at radius 3 is 2.15 bits per heavy atom. The average Bonchev–Trinajstić information content (AvgIpc) is 2.40. The van der Waals surface area contributed by atoms with Gasteiger partial charge in [0.25, 0.3) is 0 Å². The van der Waals surface area contributed by atoms with Gasteiger partial charge in [0.2, 0.25) is 0 Å². The van der Waals surface area contributed by atoms with Gasteiger partial charge in [-0.1, -0.05) is 6.92 Å². The van der Waals surface area contributed by atoms with Crippen molar-refractivity contribution in [2.75, 3.05) is 26.7 Å². The van der Waals surface area contributed by atoms with E-state index in [1.165, 1.54) is 0 Å². The molecule has 4 nitrogen and oxygen atoms in total. The minimum atomic E-state index is -0.662. The molecule has 0 radical (unpaired) electrons. The Bertz CT molecular complexity index is 321. The van der Waals surface area contributed by atoms with Crippen LogP contribution < -0.4 is 5.32 Å². The van der Waals surface area contributed by atoms with Gasteiger partial charge in [0, 0.05) is 25.0 Å². The first-order valence-corrected chi connectivity index (χ1v) is 7.75.